The topological polar surface area (TPSA) is 63.7 Å². The number of nitrogens with zero attached hydrogens (tertiary/aromatic N) is 2. The van der Waals surface area contributed by atoms with Crippen LogP contribution in [0.5, 0.6) is 5.88 Å². The molecule has 1 aromatic rings. The van der Waals surface area contributed by atoms with E-state index in [2.05, 4.69) is 15.2 Å². The molecule has 2 bridgehead atoms. The summed E-state index contributed by atoms with van der Waals surface area (Å²) >= 11 is 0. The third-order valence-electron chi connectivity index (χ3n) is 4.81. The number of carbonyl (C=O) groups excluding carboxylic acids is 1. The highest BCUT2D eigenvalue weighted by Crippen LogP contribution is 2.39. The van der Waals surface area contributed by atoms with Gasteiger partial charge in [0, 0.05) is 37.1 Å². The number of fused-ring (bicyclic) bond motifs is 2. The Hall–Kier alpha value is -1.98. The number of methoxy groups -OCH3 is 1. The summed E-state index contributed by atoms with van der Waals surface area (Å²) in [5.41, 5.74) is 0.673. The molecule has 3 atom stereocenters. The van der Waals surface area contributed by atoms with Crippen LogP contribution in [0.3, 0.4) is 0 Å². The van der Waals surface area contributed by atoms with E-state index in [9.17, 15) is 4.79 Å². The minimum Gasteiger partial charge on any atom is -0.481 e. The molecule has 0 unspecified atom stereocenters. The van der Waals surface area contributed by atoms with Crippen molar-refractivity contribution in [1.29, 1.82) is 0 Å². The van der Waals surface area contributed by atoms with Gasteiger partial charge in [0.2, 0.25) is 5.88 Å². The normalized spacial score (nSPS) is 26.2. The third-order valence-corrected chi connectivity index (χ3v) is 4.81. The van der Waals surface area contributed by atoms with Crippen LogP contribution in [-0.2, 0) is 4.74 Å². The molecule has 2 fully saturated rings. The molecule has 24 heavy (non-hydrogen) atoms. The Labute approximate surface area is 143 Å². The molecule has 2 heterocycles. The molecule has 0 aromatic carbocycles. The van der Waals surface area contributed by atoms with Crippen molar-refractivity contribution in [2.45, 2.75) is 45.3 Å². The highest BCUT2D eigenvalue weighted by Gasteiger charge is 2.43. The van der Waals surface area contributed by atoms with Crippen LogP contribution in [0.4, 0.5) is 10.5 Å². The van der Waals surface area contributed by atoms with Gasteiger partial charge < -0.3 is 19.7 Å². The fraction of sp³-hybridized carbons (Fsp3) is 0.667. The number of piperidine rings is 1. The summed E-state index contributed by atoms with van der Waals surface area (Å²) in [7, 11) is 1.63. The average molecular weight is 333 g/mol. The minimum absolute atomic E-state index is 0.208. The maximum atomic E-state index is 12.1. The first kappa shape index (κ1) is 16.9. The number of hydrogen-bond acceptors (Lipinski definition) is 5. The fourth-order valence-corrected chi connectivity index (χ4v) is 3.82. The quantitative estimate of drug-likeness (QED) is 0.921. The summed E-state index contributed by atoms with van der Waals surface area (Å²) in [6, 6.07) is 4.20. The van der Waals surface area contributed by atoms with Crippen molar-refractivity contribution < 1.29 is 14.3 Å². The molecule has 6 heteroatoms. The highest BCUT2D eigenvalue weighted by atomic mass is 16.6. The molecular weight excluding hydrogens is 306 g/mol. The van der Waals surface area contributed by atoms with E-state index in [1.165, 1.54) is 0 Å². The maximum absolute atomic E-state index is 12.1. The SMILES string of the molecule is COc1cc(N2C[C@H]3CC[C@@H](C2)[C@@H]3NC(=O)OC(C)(C)C)ccn1. The number of hydrogen-bond donors (Lipinski definition) is 1. The lowest BCUT2D eigenvalue weighted by Crippen LogP contribution is -2.53. The zero-order valence-electron chi connectivity index (χ0n) is 14.9. The Balaban J connectivity index is 1.65. The molecule has 3 rings (SSSR count). The Bertz CT molecular complexity index is 585. The molecule has 1 saturated carbocycles. The van der Waals surface area contributed by atoms with Gasteiger partial charge in [0.15, 0.2) is 0 Å². The van der Waals surface area contributed by atoms with E-state index in [0.29, 0.717) is 17.7 Å². The first-order valence-corrected chi connectivity index (χ1v) is 8.60. The van der Waals surface area contributed by atoms with Crippen molar-refractivity contribution in [3.05, 3.63) is 18.3 Å². The van der Waals surface area contributed by atoms with Crippen LogP contribution in [-0.4, -0.2) is 42.9 Å². The summed E-state index contributed by atoms with van der Waals surface area (Å²) in [5.74, 6) is 1.54. The molecule has 1 aliphatic heterocycles. The lowest BCUT2D eigenvalue weighted by Gasteiger charge is -2.39. The molecule has 1 N–H and O–H groups in total. The van der Waals surface area contributed by atoms with Crippen LogP contribution in [0.1, 0.15) is 33.6 Å². The van der Waals surface area contributed by atoms with E-state index < -0.39 is 5.60 Å². The predicted molar refractivity (Wildman–Crippen MR) is 92.4 cm³/mol. The first-order chi connectivity index (χ1) is 11.4. The Morgan fingerprint density at radius 2 is 1.96 bits per heavy atom. The minimum atomic E-state index is -0.461. The van der Waals surface area contributed by atoms with Gasteiger partial charge >= 0.3 is 6.09 Å². The summed E-state index contributed by atoms with van der Waals surface area (Å²) in [4.78, 5) is 18.7. The maximum Gasteiger partial charge on any atom is 0.407 e. The number of nitrogens with one attached hydrogen (secondary N) is 1. The molecule has 0 spiro atoms. The fourth-order valence-electron chi connectivity index (χ4n) is 3.82. The average Bonchev–Trinajstić information content (AvgIpc) is 2.75. The first-order valence-electron chi connectivity index (χ1n) is 8.60. The lowest BCUT2D eigenvalue weighted by molar-refractivity contribution is 0.0472. The second-order valence-corrected chi connectivity index (χ2v) is 7.73. The number of carbonyl (C=O) groups is 1. The summed E-state index contributed by atoms with van der Waals surface area (Å²) in [6.45, 7) is 7.54. The smallest absolute Gasteiger partial charge is 0.407 e. The zero-order valence-corrected chi connectivity index (χ0v) is 14.9. The molecule has 1 amide bonds. The molecule has 6 nitrogen and oxygen atoms in total. The molecule has 132 valence electrons. The predicted octanol–water partition coefficient (Wildman–Crippen LogP) is 2.83. The van der Waals surface area contributed by atoms with Gasteiger partial charge in [-0.3, -0.25) is 0 Å². The van der Waals surface area contributed by atoms with E-state index in [1.54, 1.807) is 13.3 Å². The molecule has 2 aliphatic rings. The van der Waals surface area contributed by atoms with E-state index in [1.807, 2.05) is 32.9 Å². The number of anilines is 1. The van der Waals surface area contributed by atoms with E-state index in [0.717, 1.165) is 31.6 Å². The van der Waals surface area contributed by atoms with Gasteiger partial charge in [-0.1, -0.05) is 0 Å². The van der Waals surface area contributed by atoms with Crippen molar-refractivity contribution in [1.82, 2.24) is 10.3 Å². The van der Waals surface area contributed by atoms with Crippen LogP contribution < -0.4 is 15.0 Å². The number of ether oxygens (including phenoxy) is 2. The molecule has 1 aliphatic carbocycles. The Morgan fingerprint density at radius 3 is 2.54 bits per heavy atom. The largest absolute Gasteiger partial charge is 0.481 e. The number of rotatable bonds is 3. The van der Waals surface area contributed by atoms with Crippen molar-refractivity contribution in [3.63, 3.8) is 0 Å². The van der Waals surface area contributed by atoms with Crippen LogP contribution in [0.2, 0.25) is 0 Å². The zero-order chi connectivity index (χ0) is 17.3. The summed E-state index contributed by atoms with van der Waals surface area (Å²) < 4.78 is 10.6. The third kappa shape index (κ3) is 3.74. The molecule has 0 radical (unpaired) electrons. The highest BCUT2D eigenvalue weighted by molar-refractivity contribution is 5.68. The second kappa shape index (κ2) is 6.49. The van der Waals surface area contributed by atoms with Crippen molar-refractivity contribution in [2.75, 3.05) is 25.1 Å². The van der Waals surface area contributed by atoms with Gasteiger partial charge in [-0.2, -0.15) is 0 Å². The van der Waals surface area contributed by atoms with E-state index >= 15 is 0 Å². The van der Waals surface area contributed by atoms with Crippen LogP contribution >= 0.6 is 0 Å². The lowest BCUT2D eigenvalue weighted by atomic mass is 9.92. The van der Waals surface area contributed by atoms with Gasteiger partial charge in [0.1, 0.15) is 5.60 Å². The van der Waals surface area contributed by atoms with Crippen LogP contribution in [0.25, 0.3) is 0 Å². The van der Waals surface area contributed by atoms with Crippen LogP contribution in [0.15, 0.2) is 18.3 Å². The van der Waals surface area contributed by atoms with Gasteiger partial charge in [0.05, 0.1) is 7.11 Å². The monoisotopic (exact) mass is 333 g/mol. The number of amides is 1. The summed E-state index contributed by atoms with van der Waals surface area (Å²) in [6.07, 6.45) is 3.76. The van der Waals surface area contributed by atoms with Crippen molar-refractivity contribution >= 4 is 11.8 Å². The standard InChI is InChI=1S/C18H27N3O3/c1-18(2,3)24-17(22)20-16-12-5-6-13(16)11-21(10-12)14-7-8-19-15(9-14)23-4/h7-9,12-13,16H,5-6,10-11H2,1-4H3,(H,20,22)/t12-,13+,16-. The molecular formula is C18H27N3O3. The van der Waals surface area contributed by atoms with Gasteiger partial charge in [-0.25, -0.2) is 9.78 Å². The van der Waals surface area contributed by atoms with Crippen molar-refractivity contribution in [2.24, 2.45) is 11.8 Å². The van der Waals surface area contributed by atoms with Gasteiger partial charge in [-0.05, 0) is 51.5 Å². The van der Waals surface area contributed by atoms with Crippen molar-refractivity contribution in [3.8, 4) is 5.88 Å². The summed E-state index contributed by atoms with van der Waals surface area (Å²) in [5, 5.41) is 3.11. The molecule has 1 aromatic heterocycles. The van der Waals surface area contributed by atoms with Gasteiger partial charge in [-0.15, -0.1) is 0 Å². The van der Waals surface area contributed by atoms with Gasteiger partial charge in [0.25, 0.3) is 0 Å². The Kier molecular flexibility index (Phi) is 4.56. The van der Waals surface area contributed by atoms with E-state index in [-0.39, 0.29) is 12.1 Å². The van der Waals surface area contributed by atoms with E-state index in [4.69, 9.17) is 9.47 Å². The number of alkyl carbamates (subject to hydrolysis) is 1. The Morgan fingerprint density at radius 1 is 1.29 bits per heavy atom. The van der Waals surface area contributed by atoms with Crippen LogP contribution in [0, 0.1) is 11.8 Å². The molecule has 1 saturated heterocycles. The number of aromatic nitrogens is 1. The number of pyridine rings is 1. The second-order valence-electron chi connectivity index (χ2n) is 7.73.